The highest BCUT2D eigenvalue weighted by atomic mass is 32.2. The topological polar surface area (TPSA) is 121 Å². The number of fused-ring (bicyclic) bond motifs is 2. The molecule has 0 saturated heterocycles. The Kier molecular flexibility index (Phi) is 7.26. The van der Waals surface area contributed by atoms with Gasteiger partial charge in [-0.05, 0) is 35.8 Å². The standard InChI is InChI=1S/C22H14N6O2S5/c23-9-12-19(31-10-17(29)26-21-24-13-5-1-3-7-15(13)33-21)28-35-20(12)32-11-18(30)27-22-25-14-6-2-4-8-16(14)34-22/h1-8H,10-11H2,(H,24,26,29)(H,25,27,30). The summed E-state index contributed by atoms with van der Waals surface area (Å²) in [5.41, 5.74) is 2.05. The second-order valence-electron chi connectivity index (χ2n) is 6.91. The molecule has 0 aliphatic heterocycles. The fraction of sp³-hybridized carbons (Fsp3) is 0.0909. The lowest BCUT2D eigenvalue weighted by Gasteiger charge is -2.01. The van der Waals surface area contributed by atoms with Crippen LogP contribution in [-0.2, 0) is 9.59 Å². The Morgan fingerprint density at radius 1 is 0.857 bits per heavy atom. The second-order valence-corrected chi connectivity index (χ2v) is 12.0. The van der Waals surface area contributed by atoms with Crippen molar-refractivity contribution in [1.82, 2.24) is 14.3 Å². The van der Waals surface area contributed by atoms with Crippen LogP contribution in [0.2, 0.25) is 0 Å². The number of benzene rings is 2. The summed E-state index contributed by atoms with van der Waals surface area (Å²) < 4.78 is 6.95. The van der Waals surface area contributed by atoms with E-state index >= 15 is 0 Å². The third-order valence-electron chi connectivity index (χ3n) is 4.50. The van der Waals surface area contributed by atoms with Gasteiger partial charge < -0.3 is 10.6 Å². The third kappa shape index (κ3) is 5.63. The molecule has 0 saturated carbocycles. The molecule has 5 rings (SSSR count). The molecular weight excluding hydrogens is 541 g/mol. The fourth-order valence-electron chi connectivity index (χ4n) is 2.98. The molecule has 0 bridgehead atoms. The summed E-state index contributed by atoms with van der Waals surface area (Å²) in [6.07, 6.45) is 0. The zero-order valence-electron chi connectivity index (χ0n) is 17.7. The average Bonchev–Trinajstić information content (AvgIpc) is 3.56. The van der Waals surface area contributed by atoms with Crippen LogP contribution in [0.1, 0.15) is 5.56 Å². The summed E-state index contributed by atoms with van der Waals surface area (Å²) in [7, 11) is 0. The molecule has 0 fully saturated rings. The number of aromatic nitrogens is 3. The number of anilines is 2. The number of nitrogens with zero attached hydrogens (tertiary/aromatic N) is 4. The van der Waals surface area contributed by atoms with Crippen LogP contribution in [-0.4, -0.2) is 37.7 Å². The lowest BCUT2D eigenvalue weighted by molar-refractivity contribution is -0.114. The van der Waals surface area contributed by atoms with Crippen molar-refractivity contribution in [2.45, 2.75) is 9.24 Å². The maximum absolute atomic E-state index is 12.4. The predicted octanol–water partition coefficient (Wildman–Crippen LogP) is 5.70. The number of nitrogens with one attached hydrogen (secondary N) is 2. The first-order valence-electron chi connectivity index (χ1n) is 10.1. The Morgan fingerprint density at radius 3 is 1.94 bits per heavy atom. The molecule has 2 N–H and O–H groups in total. The van der Waals surface area contributed by atoms with Crippen LogP contribution < -0.4 is 10.6 Å². The molecule has 3 aromatic heterocycles. The van der Waals surface area contributed by atoms with E-state index in [9.17, 15) is 14.9 Å². The van der Waals surface area contributed by atoms with E-state index in [1.54, 1.807) is 0 Å². The van der Waals surface area contributed by atoms with Gasteiger partial charge in [0.25, 0.3) is 0 Å². The van der Waals surface area contributed by atoms with Gasteiger partial charge in [-0.3, -0.25) is 9.59 Å². The zero-order valence-corrected chi connectivity index (χ0v) is 21.8. The molecule has 3 heterocycles. The first-order valence-corrected chi connectivity index (χ1v) is 14.4. The Hall–Kier alpha value is -3.02. The van der Waals surface area contributed by atoms with Gasteiger partial charge >= 0.3 is 0 Å². The van der Waals surface area contributed by atoms with Gasteiger partial charge in [0, 0.05) is 0 Å². The van der Waals surface area contributed by atoms with Crippen LogP contribution in [0.4, 0.5) is 10.3 Å². The van der Waals surface area contributed by atoms with Gasteiger partial charge in [-0.25, -0.2) is 9.97 Å². The minimum Gasteiger partial charge on any atom is -0.301 e. The highest BCUT2D eigenvalue weighted by Gasteiger charge is 2.18. The molecule has 35 heavy (non-hydrogen) atoms. The number of nitriles is 1. The van der Waals surface area contributed by atoms with E-state index in [-0.39, 0.29) is 23.3 Å². The van der Waals surface area contributed by atoms with Crippen molar-refractivity contribution < 1.29 is 9.59 Å². The van der Waals surface area contributed by atoms with Gasteiger partial charge in [0.2, 0.25) is 11.8 Å². The van der Waals surface area contributed by atoms with Crippen molar-refractivity contribution in [3.8, 4) is 6.07 Å². The highest BCUT2D eigenvalue weighted by molar-refractivity contribution is 8.02. The molecule has 2 aromatic carbocycles. The number of carbonyl (C=O) groups is 2. The van der Waals surface area contributed by atoms with Gasteiger partial charge in [-0.15, -0.1) is 11.8 Å². The summed E-state index contributed by atoms with van der Waals surface area (Å²) >= 11 is 6.39. The molecular formula is C22H14N6O2S5. The number of rotatable bonds is 8. The Bertz CT molecular complexity index is 1410. The molecule has 0 aliphatic rings. The summed E-state index contributed by atoms with van der Waals surface area (Å²) in [5.74, 6) is -0.225. The Labute approximate surface area is 220 Å². The van der Waals surface area contributed by atoms with Crippen LogP contribution >= 0.6 is 57.7 Å². The molecule has 0 aliphatic carbocycles. The fourth-order valence-corrected chi connectivity index (χ4v) is 7.44. The number of amides is 2. The van der Waals surface area contributed by atoms with Crippen LogP contribution in [0.5, 0.6) is 0 Å². The minimum atomic E-state index is -0.227. The van der Waals surface area contributed by atoms with E-state index in [2.05, 4.69) is 31.0 Å². The Morgan fingerprint density at radius 2 is 1.40 bits per heavy atom. The van der Waals surface area contributed by atoms with Gasteiger partial charge in [0.15, 0.2) is 10.3 Å². The largest absolute Gasteiger partial charge is 0.301 e. The van der Waals surface area contributed by atoms with E-state index in [0.717, 1.165) is 32.0 Å². The monoisotopic (exact) mass is 554 g/mol. The average molecular weight is 555 g/mol. The first-order chi connectivity index (χ1) is 17.1. The lowest BCUT2D eigenvalue weighted by Crippen LogP contribution is -2.14. The van der Waals surface area contributed by atoms with E-state index in [0.29, 0.717) is 25.1 Å². The smallest absolute Gasteiger partial charge is 0.236 e. The normalized spacial score (nSPS) is 10.9. The predicted molar refractivity (Wildman–Crippen MR) is 145 cm³/mol. The van der Waals surface area contributed by atoms with Crippen LogP contribution in [0.25, 0.3) is 20.4 Å². The van der Waals surface area contributed by atoms with Gasteiger partial charge in [-0.1, -0.05) is 58.7 Å². The van der Waals surface area contributed by atoms with Crippen LogP contribution in [0, 0.1) is 11.3 Å². The van der Waals surface area contributed by atoms with Crippen molar-refractivity contribution in [2.75, 3.05) is 22.1 Å². The Balaban J connectivity index is 1.15. The molecule has 0 spiro atoms. The maximum Gasteiger partial charge on any atom is 0.236 e. The van der Waals surface area contributed by atoms with Crippen LogP contribution in [0.15, 0.2) is 57.8 Å². The van der Waals surface area contributed by atoms with Crippen molar-refractivity contribution in [3.63, 3.8) is 0 Å². The van der Waals surface area contributed by atoms with Crippen molar-refractivity contribution in [2.24, 2.45) is 0 Å². The van der Waals surface area contributed by atoms with E-state index < -0.39 is 0 Å². The summed E-state index contributed by atoms with van der Waals surface area (Å²) in [4.78, 5) is 33.6. The minimum absolute atomic E-state index is 0.0938. The van der Waals surface area contributed by atoms with E-state index in [4.69, 9.17) is 0 Å². The molecule has 13 heteroatoms. The quantitative estimate of drug-likeness (QED) is 0.235. The molecule has 174 valence electrons. The third-order valence-corrected chi connectivity index (χ3v) is 9.58. The van der Waals surface area contributed by atoms with Crippen molar-refractivity contribution in [1.29, 1.82) is 5.26 Å². The summed E-state index contributed by atoms with van der Waals surface area (Å²) in [6, 6.07) is 17.5. The molecule has 0 atom stereocenters. The molecule has 0 unspecified atom stereocenters. The van der Waals surface area contributed by atoms with Gasteiger partial charge in [0.05, 0.1) is 31.9 Å². The SMILES string of the molecule is N#Cc1c(SCC(=O)Nc2nc3ccccc3s2)nsc1SCC(=O)Nc1nc2ccccc2s1. The molecule has 8 nitrogen and oxygen atoms in total. The summed E-state index contributed by atoms with van der Waals surface area (Å²) in [5, 5.41) is 16.8. The molecule has 0 radical (unpaired) electrons. The second kappa shape index (κ2) is 10.7. The van der Waals surface area contributed by atoms with Crippen LogP contribution in [0.3, 0.4) is 0 Å². The molecule has 5 aromatic rings. The zero-order chi connectivity index (χ0) is 24.2. The van der Waals surface area contributed by atoms with Gasteiger partial charge in [0.1, 0.15) is 20.9 Å². The number of thiazole rings is 2. The first kappa shape index (κ1) is 23.7. The number of carbonyl (C=O) groups excluding carboxylic acids is 2. The number of para-hydroxylation sites is 2. The lowest BCUT2D eigenvalue weighted by atomic mass is 10.3. The van der Waals surface area contributed by atoms with E-state index in [1.165, 1.54) is 46.2 Å². The van der Waals surface area contributed by atoms with Crippen molar-refractivity contribution in [3.05, 3.63) is 54.1 Å². The van der Waals surface area contributed by atoms with E-state index in [1.807, 2.05) is 48.5 Å². The van der Waals surface area contributed by atoms with Gasteiger partial charge in [-0.2, -0.15) is 9.64 Å². The van der Waals surface area contributed by atoms with Crippen molar-refractivity contribution >= 4 is 100 Å². The number of hydrogen-bond acceptors (Lipinski definition) is 11. The number of thioether (sulfide) groups is 2. The highest BCUT2D eigenvalue weighted by Crippen LogP contribution is 2.35. The number of hydrogen-bond donors (Lipinski definition) is 2. The summed E-state index contributed by atoms with van der Waals surface area (Å²) in [6.45, 7) is 0. The molecule has 2 amide bonds. The maximum atomic E-state index is 12.4.